The number of benzene rings is 4. The predicted octanol–water partition coefficient (Wildman–Crippen LogP) is 6.09. The minimum Gasteiger partial charge on any atom is -1.00 e. The molecule has 3 heteroatoms. The Bertz CT molecular complexity index is 1710. The molecule has 1 aliphatic rings. The second kappa shape index (κ2) is 17.2. The van der Waals surface area contributed by atoms with Crippen LogP contribution in [0.5, 0.6) is 0 Å². The molecule has 258 valence electrons. The summed E-state index contributed by atoms with van der Waals surface area (Å²) in [7, 11) is 0. The van der Waals surface area contributed by atoms with Crippen LogP contribution in [0, 0.1) is 26.8 Å². The molecule has 0 saturated carbocycles. The zero-order valence-electron chi connectivity index (χ0n) is 31.7. The number of halogens is 2. The maximum absolute atomic E-state index is 3.53. The van der Waals surface area contributed by atoms with E-state index in [0.29, 0.717) is 5.41 Å². The Morgan fingerprint density at radius 1 is 0.633 bits per heavy atom. The van der Waals surface area contributed by atoms with Crippen LogP contribution in [0.25, 0.3) is 11.1 Å². The summed E-state index contributed by atoms with van der Waals surface area (Å²) in [6.07, 6.45) is 1.03. The summed E-state index contributed by atoms with van der Waals surface area (Å²) in [5, 5.41) is 0. The zero-order chi connectivity index (χ0) is 34.7. The van der Waals surface area contributed by atoms with Gasteiger partial charge in [0.25, 0.3) is 0 Å². The molecule has 0 heterocycles. The summed E-state index contributed by atoms with van der Waals surface area (Å²) < 4.78 is 1.42. The van der Waals surface area contributed by atoms with Crippen LogP contribution in [0.3, 0.4) is 0 Å². The Labute approximate surface area is 325 Å². The molecule has 0 aliphatic heterocycles. The largest absolute Gasteiger partial charge is 1.00 e. The number of aryl methyl sites for hydroxylation is 3. The van der Waals surface area contributed by atoms with Crippen molar-refractivity contribution in [1.29, 1.82) is 0 Å². The van der Waals surface area contributed by atoms with Crippen LogP contribution in [0.15, 0.2) is 97.1 Å². The van der Waals surface area contributed by atoms with Crippen molar-refractivity contribution in [1.82, 2.24) is 0 Å². The smallest absolute Gasteiger partial charge is 0.0583 e. The zero-order valence-corrected chi connectivity index (χ0v) is 35.7. The van der Waals surface area contributed by atoms with E-state index >= 15 is 0 Å². The van der Waals surface area contributed by atoms with E-state index in [0.717, 1.165) is 6.42 Å². The molecule has 0 aromatic heterocycles. The van der Waals surface area contributed by atoms with Crippen molar-refractivity contribution in [2.24, 2.45) is 0 Å². The second-order valence-electron chi connectivity index (χ2n) is 16.3. The van der Waals surface area contributed by atoms with Gasteiger partial charge >= 0.3 is 112 Å². The first-order valence-electron chi connectivity index (χ1n) is 17.0. The SMILES string of the molecule is CC(C)(C)c1c[c-]c2c(c1)-c1cc(C(C)(C)C)ccc1C2.Cc1ccc([C](=[Zr+2])c2ccc(C)cc2)cc1.Cc1ccc[c-]1C(C)(C)C.[Cl-].[Cl-]. The summed E-state index contributed by atoms with van der Waals surface area (Å²) >= 11 is 1.46. The van der Waals surface area contributed by atoms with E-state index in [1.807, 2.05) is 0 Å². The molecular formula is C46H54Cl2Zr-2. The molecule has 5 aromatic carbocycles. The van der Waals surface area contributed by atoms with Crippen LogP contribution < -0.4 is 24.8 Å². The van der Waals surface area contributed by atoms with E-state index in [2.05, 4.69) is 186 Å². The monoisotopic (exact) mass is 766 g/mol. The number of fused-ring (bicyclic) bond motifs is 3. The quantitative estimate of drug-likeness (QED) is 0.187. The first kappa shape index (κ1) is 42.7. The van der Waals surface area contributed by atoms with Gasteiger partial charge in [0.15, 0.2) is 0 Å². The summed E-state index contributed by atoms with van der Waals surface area (Å²) in [6, 6.07) is 39.1. The van der Waals surface area contributed by atoms with Crippen molar-refractivity contribution in [2.45, 2.75) is 106 Å². The summed E-state index contributed by atoms with van der Waals surface area (Å²) in [5.74, 6) is 0. The maximum Gasteiger partial charge on any atom is -0.0583 e. The average Bonchev–Trinajstić information content (AvgIpc) is 3.60. The first-order chi connectivity index (χ1) is 21.8. The molecule has 0 radical (unpaired) electrons. The van der Waals surface area contributed by atoms with Crippen molar-refractivity contribution in [3.63, 3.8) is 0 Å². The summed E-state index contributed by atoms with van der Waals surface area (Å²) in [6.45, 7) is 26.8. The van der Waals surface area contributed by atoms with E-state index < -0.39 is 0 Å². The number of hydrogen-bond acceptors (Lipinski definition) is 0. The molecule has 0 unspecified atom stereocenters. The molecule has 0 spiro atoms. The van der Waals surface area contributed by atoms with Crippen molar-refractivity contribution in [3.8, 4) is 11.1 Å². The Morgan fingerprint density at radius 3 is 1.53 bits per heavy atom. The fraction of sp³-hybridized carbons (Fsp3) is 0.348. The molecule has 0 atom stereocenters. The Hall–Kier alpha value is -2.44. The molecule has 0 fully saturated rings. The fourth-order valence-electron chi connectivity index (χ4n) is 5.94. The van der Waals surface area contributed by atoms with Crippen molar-refractivity contribution >= 4 is 3.21 Å². The molecular weight excluding hydrogens is 715 g/mol. The third kappa shape index (κ3) is 11.3. The molecule has 49 heavy (non-hydrogen) atoms. The summed E-state index contributed by atoms with van der Waals surface area (Å²) in [4.78, 5) is 0. The standard InChI is InChI=1S/C21H25.C15H14.C10H15.2ClH.Zr/c1-20(2,3)16-9-7-14-11-15-8-10-17(21(4,5)6)13-19(15)18(14)12-16;1-12-3-7-14(8-4-12)11-15-9-5-13(2)6-10-15;1-8-6-5-7-9(8)10(2,3)4;;;/h7,9-10,12-13H,11H2,1-6H3;3-10H,1-2H3;5-7H,1-4H3;2*1H;/q-1;;-1;;;+2/p-2. The molecule has 1 aliphatic carbocycles. The van der Waals surface area contributed by atoms with Gasteiger partial charge in [0.2, 0.25) is 0 Å². The molecule has 0 nitrogen and oxygen atoms in total. The van der Waals surface area contributed by atoms with Gasteiger partial charge in [-0.25, -0.2) is 12.1 Å². The third-order valence-electron chi connectivity index (χ3n) is 9.05. The van der Waals surface area contributed by atoms with Crippen molar-refractivity contribution in [3.05, 3.63) is 159 Å². The minimum atomic E-state index is 0. The van der Waals surface area contributed by atoms with Gasteiger partial charge < -0.3 is 24.8 Å². The van der Waals surface area contributed by atoms with Crippen LogP contribution in [0.2, 0.25) is 0 Å². The van der Waals surface area contributed by atoms with Crippen molar-refractivity contribution in [2.75, 3.05) is 0 Å². The van der Waals surface area contributed by atoms with Gasteiger partial charge in [-0.3, -0.25) is 0 Å². The van der Waals surface area contributed by atoms with E-state index in [1.165, 1.54) is 94.2 Å². The Morgan fingerprint density at radius 2 is 1.12 bits per heavy atom. The Balaban J connectivity index is 0.000000265. The maximum atomic E-state index is 3.53. The molecule has 0 saturated heterocycles. The van der Waals surface area contributed by atoms with E-state index in [1.54, 1.807) is 0 Å². The molecule has 0 amide bonds. The van der Waals surface area contributed by atoms with Crippen LogP contribution in [0.1, 0.15) is 118 Å². The molecule has 0 bridgehead atoms. The average molecular weight is 769 g/mol. The van der Waals surface area contributed by atoms with Crippen LogP contribution in [-0.4, -0.2) is 3.21 Å². The normalized spacial score (nSPS) is 11.8. The van der Waals surface area contributed by atoms with Crippen LogP contribution >= 0.6 is 0 Å². The summed E-state index contributed by atoms with van der Waals surface area (Å²) in [5.41, 5.74) is 17.3. The van der Waals surface area contributed by atoms with Gasteiger partial charge in [0, 0.05) is 0 Å². The van der Waals surface area contributed by atoms with Gasteiger partial charge in [-0.1, -0.05) is 109 Å². The van der Waals surface area contributed by atoms with Gasteiger partial charge in [-0.05, 0) is 17.4 Å². The van der Waals surface area contributed by atoms with Gasteiger partial charge in [0.05, 0.1) is 0 Å². The van der Waals surface area contributed by atoms with Gasteiger partial charge in [0.1, 0.15) is 0 Å². The minimum absolute atomic E-state index is 0. The van der Waals surface area contributed by atoms with Gasteiger partial charge in [-0.15, -0.1) is 11.1 Å². The van der Waals surface area contributed by atoms with Crippen LogP contribution in [-0.2, 0) is 46.9 Å². The second-order valence-corrected chi connectivity index (χ2v) is 17.5. The van der Waals surface area contributed by atoms with Crippen LogP contribution in [0.4, 0.5) is 0 Å². The Kier molecular flexibility index (Phi) is 15.0. The van der Waals surface area contributed by atoms with E-state index in [-0.39, 0.29) is 35.6 Å². The molecule has 0 N–H and O–H groups in total. The van der Waals surface area contributed by atoms with E-state index in [9.17, 15) is 0 Å². The topological polar surface area (TPSA) is 0 Å². The predicted molar refractivity (Wildman–Crippen MR) is 202 cm³/mol. The van der Waals surface area contributed by atoms with E-state index in [4.69, 9.17) is 0 Å². The van der Waals surface area contributed by atoms with Crippen molar-refractivity contribution < 1.29 is 49.0 Å². The fourth-order valence-corrected chi connectivity index (χ4v) is 6.76. The number of hydrogen-bond donors (Lipinski definition) is 0. The van der Waals surface area contributed by atoms with Gasteiger partial charge in [-0.2, -0.15) is 41.0 Å². The number of rotatable bonds is 2. The molecule has 5 aromatic rings. The first-order valence-corrected chi connectivity index (χ1v) is 18.2. The third-order valence-corrected chi connectivity index (χ3v) is 10.5. The molecule has 6 rings (SSSR count).